The van der Waals surface area contributed by atoms with E-state index in [0.717, 1.165) is 33.7 Å². The third kappa shape index (κ3) is 4.78. The van der Waals surface area contributed by atoms with Gasteiger partial charge in [0, 0.05) is 34.9 Å². The molecule has 0 fully saturated rings. The Morgan fingerprint density at radius 2 is 1.85 bits per heavy atom. The van der Waals surface area contributed by atoms with Crippen LogP contribution in [0.4, 0.5) is 0 Å². The Morgan fingerprint density at radius 3 is 2.61 bits per heavy atom. The van der Waals surface area contributed by atoms with Crippen molar-refractivity contribution in [2.75, 3.05) is 7.11 Å². The van der Waals surface area contributed by atoms with Crippen LogP contribution in [0.15, 0.2) is 59.5 Å². The van der Waals surface area contributed by atoms with Crippen LogP contribution in [-0.2, 0) is 24.4 Å². The van der Waals surface area contributed by atoms with Gasteiger partial charge in [0.15, 0.2) is 0 Å². The van der Waals surface area contributed by atoms with Gasteiger partial charge in [0.2, 0.25) is 5.91 Å². The lowest BCUT2D eigenvalue weighted by atomic mass is 10.2. The van der Waals surface area contributed by atoms with E-state index < -0.39 is 0 Å². The van der Waals surface area contributed by atoms with Crippen LogP contribution in [0.25, 0.3) is 10.8 Å². The van der Waals surface area contributed by atoms with Crippen molar-refractivity contribution < 1.29 is 9.53 Å². The van der Waals surface area contributed by atoms with Crippen molar-refractivity contribution in [2.45, 2.75) is 33.5 Å². The van der Waals surface area contributed by atoms with Crippen molar-refractivity contribution in [3.05, 3.63) is 92.6 Å². The van der Waals surface area contributed by atoms with Crippen molar-refractivity contribution >= 4 is 28.3 Å². The molecule has 0 bridgehead atoms. The van der Waals surface area contributed by atoms with Crippen molar-refractivity contribution in [3.8, 4) is 5.75 Å². The molecule has 4 aromatic rings. The molecule has 0 saturated heterocycles. The quantitative estimate of drug-likeness (QED) is 0.450. The molecule has 170 valence electrons. The van der Waals surface area contributed by atoms with E-state index in [-0.39, 0.29) is 18.0 Å². The minimum absolute atomic E-state index is 0.156. The molecule has 0 aliphatic heterocycles. The van der Waals surface area contributed by atoms with E-state index in [1.807, 2.05) is 62.4 Å². The molecule has 7 nitrogen and oxygen atoms in total. The highest BCUT2D eigenvalue weighted by molar-refractivity contribution is 6.30. The number of nitrogens with one attached hydrogen (secondary N) is 1. The summed E-state index contributed by atoms with van der Waals surface area (Å²) in [4.78, 5) is 25.7. The van der Waals surface area contributed by atoms with Gasteiger partial charge >= 0.3 is 0 Å². The lowest BCUT2D eigenvalue weighted by Gasteiger charge is -2.09. The third-order valence-corrected chi connectivity index (χ3v) is 5.99. The monoisotopic (exact) mass is 464 g/mol. The van der Waals surface area contributed by atoms with Crippen molar-refractivity contribution in [1.82, 2.24) is 19.7 Å². The number of benzene rings is 2. The molecular weight excluding hydrogens is 440 g/mol. The van der Waals surface area contributed by atoms with E-state index in [1.54, 1.807) is 13.3 Å². The Hall–Kier alpha value is -3.58. The topological polar surface area (TPSA) is 78.2 Å². The molecule has 0 saturated carbocycles. The first-order chi connectivity index (χ1) is 15.9. The number of aryl methyl sites for hydroxylation is 2. The van der Waals surface area contributed by atoms with E-state index in [1.165, 1.54) is 4.68 Å². The maximum atomic E-state index is 13.2. The Morgan fingerprint density at radius 1 is 1.09 bits per heavy atom. The molecule has 1 amide bonds. The van der Waals surface area contributed by atoms with Crippen LogP contribution in [0.1, 0.15) is 22.5 Å². The van der Waals surface area contributed by atoms with Crippen LogP contribution in [0, 0.1) is 13.8 Å². The lowest BCUT2D eigenvalue weighted by Crippen LogP contribution is -2.33. The molecule has 0 radical (unpaired) electrons. The highest BCUT2D eigenvalue weighted by atomic mass is 35.5. The number of methoxy groups -OCH3 is 1. The number of carbonyl (C=O) groups excluding carboxylic acids is 1. The number of rotatable bonds is 7. The van der Waals surface area contributed by atoms with Crippen molar-refractivity contribution in [3.63, 3.8) is 0 Å². The summed E-state index contributed by atoms with van der Waals surface area (Å²) in [6, 6.07) is 15.1. The predicted molar refractivity (Wildman–Crippen MR) is 129 cm³/mol. The fourth-order valence-corrected chi connectivity index (χ4v) is 4.20. The Balaban J connectivity index is 1.55. The molecule has 2 heterocycles. The van der Waals surface area contributed by atoms with Gasteiger partial charge < -0.3 is 14.6 Å². The Labute approximate surface area is 196 Å². The Kier molecular flexibility index (Phi) is 6.51. The summed E-state index contributed by atoms with van der Waals surface area (Å²) in [7, 11) is 1.60. The number of fused-ring (bicyclic) bond motifs is 1. The molecule has 0 aliphatic rings. The number of hydrogen-bond acceptors (Lipinski definition) is 4. The normalized spacial score (nSPS) is 11.0. The first-order valence-corrected chi connectivity index (χ1v) is 10.9. The van der Waals surface area contributed by atoms with E-state index in [2.05, 4.69) is 15.0 Å². The first kappa shape index (κ1) is 22.6. The highest BCUT2D eigenvalue weighted by Gasteiger charge is 2.17. The molecule has 8 heteroatoms. The van der Waals surface area contributed by atoms with E-state index in [0.29, 0.717) is 23.5 Å². The number of nitrogens with zero attached hydrogens (tertiary/aromatic N) is 3. The SMILES string of the molecule is COc1cccc(CNC(=O)Cn2ncc3c(C)n(Cc4cccc(Cl)c4)c(C)c3c2=O)c1. The average Bonchev–Trinajstić information content (AvgIpc) is 3.05. The molecule has 33 heavy (non-hydrogen) atoms. The van der Waals surface area contributed by atoms with Crippen LogP contribution in [0.2, 0.25) is 5.02 Å². The maximum Gasteiger partial charge on any atom is 0.276 e. The van der Waals surface area contributed by atoms with Gasteiger partial charge in [-0.15, -0.1) is 0 Å². The summed E-state index contributed by atoms with van der Waals surface area (Å²) in [6.07, 6.45) is 1.66. The lowest BCUT2D eigenvalue weighted by molar-refractivity contribution is -0.122. The number of hydrogen-bond donors (Lipinski definition) is 1. The van der Waals surface area contributed by atoms with E-state index in [4.69, 9.17) is 16.3 Å². The average molecular weight is 465 g/mol. The standard InChI is InChI=1S/C25H25ClN4O3/c1-16-22-13-28-30(15-23(31)27-12-18-6-5-9-21(11-18)33-3)25(32)24(22)17(2)29(16)14-19-7-4-8-20(26)10-19/h4-11,13H,12,14-15H2,1-3H3,(H,27,31). The van der Waals surface area contributed by atoms with Crippen LogP contribution >= 0.6 is 11.6 Å². The summed E-state index contributed by atoms with van der Waals surface area (Å²) < 4.78 is 8.49. The molecule has 0 spiro atoms. The largest absolute Gasteiger partial charge is 0.497 e. The second kappa shape index (κ2) is 9.50. The number of carbonyl (C=O) groups is 1. The number of aromatic nitrogens is 3. The maximum absolute atomic E-state index is 13.2. The highest BCUT2D eigenvalue weighted by Crippen LogP contribution is 2.23. The Bertz CT molecular complexity index is 1390. The summed E-state index contributed by atoms with van der Waals surface area (Å²) >= 11 is 6.13. The first-order valence-electron chi connectivity index (χ1n) is 10.6. The molecule has 1 N–H and O–H groups in total. The summed E-state index contributed by atoms with van der Waals surface area (Å²) in [5.74, 6) is 0.428. The number of halogens is 1. The molecule has 0 atom stereocenters. The smallest absolute Gasteiger partial charge is 0.276 e. The second-order valence-electron chi connectivity index (χ2n) is 7.91. The van der Waals surface area contributed by atoms with Crippen molar-refractivity contribution in [2.24, 2.45) is 0 Å². The van der Waals surface area contributed by atoms with Gasteiger partial charge in [-0.25, -0.2) is 4.68 Å². The fourth-order valence-electron chi connectivity index (χ4n) is 3.99. The fraction of sp³-hybridized carbons (Fsp3) is 0.240. The molecular formula is C25H25ClN4O3. The van der Waals surface area contributed by atoms with Gasteiger partial charge in [0.05, 0.1) is 18.7 Å². The molecule has 2 aromatic carbocycles. The van der Waals surface area contributed by atoms with Crippen LogP contribution in [0.5, 0.6) is 5.75 Å². The van der Waals surface area contributed by atoms with Crippen LogP contribution < -0.4 is 15.6 Å². The van der Waals surface area contributed by atoms with Gasteiger partial charge in [-0.2, -0.15) is 5.10 Å². The number of ether oxygens (including phenoxy) is 1. The molecule has 4 rings (SSSR count). The summed E-state index contributed by atoms with van der Waals surface area (Å²) in [5.41, 5.74) is 3.44. The van der Waals surface area contributed by atoms with Gasteiger partial charge in [-0.05, 0) is 49.2 Å². The minimum Gasteiger partial charge on any atom is -0.497 e. The predicted octanol–water partition coefficient (Wildman–Crippen LogP) is 3.84. The second-order valence-corrected chi connectivity index (χ2v) is 8.35. The number of amides is 1. The zero-order valence-electron chi connectivity index (χ0n) is 18.8. The molecule has 0 unspecified atom stereocenters. The zero-order valence-corrected chi connectivity index (χ0v) is 19.5. The van der Waals surface area contributed by atoms with Crippen LogP contribution in [-0.4, -0.2) is 27.4 Å². The summed E-state index contributed by atoms with van der Waals surface area (Å²) in [6.45, 7) is 4.64. The van der Waals surface area contributed by atoms with Gasteiger partial charge in [-0.1, -0.05) is 35.9 Å². The van der Waals surface area contributed by atoms with E-state index in [9.17, 15) is 9.59 Å². The van der Waals surface area contributed by atoms with E-state index >= 15 is 0 Å². The minimum atomic E-state index is -0.292. The third-order valence-electron chi connectivity index (χ3n) is 5.75. The molecule has 0 aliphatic carbocycles. The molecule has 2 aromatic heterocycles. The van der Waals surface area contributed by atoms with Crippen LogP contribution in [0.3, 0.4) is 0 Å². The van der Waals surface area contributed by atoms with Gasteiger partial charge in [0.25, 0.3) is 5.56 Å². The van der Waals surface area contributed by atoms with Gasteiger partial charge in [-0.3, -0.25) is 9.59 Å². The van der Waals surface area contributed by atoms with Gasteiger partial charge in [0.1, 0.15) is 12.3 Å². The van der Waals surface area contributed by atoms with Crippen molar-refractivity contribution in [1.29, 1.82) is 0 Å². The summed E-state index contributed by atoms with van der Waals surface area (Å²) in [5, 5.41) is 9.11. The zero-order chi connectivity index (χ0) is 23.5.